The molecule has 0 unspecified atom stereocenters. The molecule has 0 aliphatic carbocycles. The van der Waals surface area contributed by atoms with E-state index in [0.717, 1.165) is 37.5 Å². The summed E-state index contributed by atoms with van der Waals surface area (Å²) in [5, 5.41) is 12.4. The number of hydrogen-bond acceptors (Lipinski definition) is 5. The molecule has 2 fully saturated rings. The molecule has 0 saturated carbocycles. The summed E-state index contributed by atoms with van der Waals surface area (Å²) < 4.78 is 10.5. The molecule has 0 N–H and O–H groups in total. The van der Waals surface area contributed by atoms with Crippen LogP contribution in [0.15, 0.2) is 5.38 Å². The lowest BCUT2D eigenvalue weighted by molar-refractivity contribution is -0.0765. The number of ether oxygens (including phenoxy) is 2. The maximum absolute atomic E-state index is 9.18. The molecule has 4 nitrogen and oxygen atoms in total. The Morgan fingerprint density at radius 2 is 2.17 bits per heavy atom. The molecular weight excluding hydrogens is 248 g/mol. The van der Waals surface area contributed by atoms with Crippen LogP contribution in [0.25, 0.3) is 0 Å². The second-order valence-electron chi connectivity index (χ2n) is 5.11. The van der Waals surface area contributed by atoms with Gasteiger partial charge in [0.1, 0.15) is 5.41 Å². The van der Waals surface area contributed by atoms with Crippen LogP contribution in [0, 0.1) is 16.7 Å². The molecule has 3 rings (SSSR count). The molecule has 2 aliphatic rings. The third kappa shape index (κ3) is 2.28. The van der Waals surface area contributed by atoms with E-state index in [2.05, 4.69) is 11.4 Å². The van der Waals surface area contributed by atoms with Crippen LogP contribution in [0.5, 0.6) is 0 Å². The smallest absolute Gasteiger partial charge is 0.110 e. The Labute approximate surface area is 111 Å². The molecule has 0 amide bonds. The molecular formula is C13H16N2O2S. The Bertz CT molecular complexity index is 456. The second kappa shape index (κ2) is 4.96. The van der Waals surface area contributed by atoms with Crippen molar-refractivity contribution in [2.75, 3.05) is 26.4 Å². The van der Waals surface area contributed by atoms with Gasteiger partial charge in [-0.3, -0.25) is 0 Å². The lowest BCUT2D eigenvalue weighted by atomic mass is 9.84. The minimum absolute atomic E-state index is 0.315. The number of rotatable bonds is 3. The molecule has 2 aliphatic heterocycles. The zero-order valence-corrected chi connectivity index (χ0v) is 11.0. The van der Waals surface area contributed by atoms with Crippen LogP contribution in [0.3, 0.4) is 0 Å². The highest BCUT2D eigenvalue weighted by Crippen LogP contribution is 2.34. The lowest BCUT2D eigenvalue weighted by Crippen LogP contribution is -2.43. The summed E-state index contributed by atoms with van der Waals surface area (Å²) in [4.78, 5) is 4.71. The van der Waals surface area contributed by atoms with E-state index in [0.29, 0.717) is 19.1 Å². The average Bonchev–Trinajstić information content (AvgIpc) is 2.83. The molecule has 0 aromatic carbocycles. The van der Waals surface area contributed by atoms with E-state index in [1.54, 1.807) is 11.3 Å². The van der Waals surface area contributed by atoms with E-state index in [9.17, 15) is 5.26 Å². The first-order chi connectivity index (χ1) is 8.81. The van der Waals surface area contributed by atoms with Gasteiger partial charge in [-0.2, -0.15) is 5.26 Å². The standard InChI is InChI=1S/C13H16N2O2S/c14-7-13(8-17-9-13)5-12-15-11(6-18-12)10-1-3-16-4-2-10/h6,10H,1-5,8-9H2. The molecule has 2 saturated heterocycles. The highest BCUT2D eigenvalue weighted by atomic mass is 32.1. The van der Waals surface area contributed by atoms with E-state index >= 15 is 0 Å². The third-order valence-electron chi connectivity index (χ3n) is 3.69. The van der Waals surface area contributed by atoms with Crippen LogP contribution in [0.4, 0.5) is 0 Å². The molecule has 0 atom stereocenters. The van der Waals surface area contributed by atoms with Crippen LogP contribution >= 0.6 is 11.3 Å². The van der Waals surface area contributed by atoms with E-state index in [4.69, 9.17) is 14.5 Å². The minimum atomic E-state index is -0.315. The van der Waals surface area contributed by atoms with E-state index in [1.165, 1.54) is 5.69 Å². The number of aromatic nitrogens is 1. The zero-order chi connectivity index (χ0) is 12.4. The van der Waals surface area contributed by atoms with Gasteiger partial charge in [0.2, 0.25) is 0 Å². The fourth-order valence-corrected chi connectivity index (χ4v) is 3.45. The molecule has 3 heterocycles. The lowest BCUT2D eigenvalue weighted by Gasteiger charge is -2.34. The van der Waals surface area contributed by atoms with Gasteiger partial charge in [-0.25, -0.2) is 4.98 Å². The van der Waals surface area contributed by atoms with Gasteiger partial charge in [0.25, 0.3) is 0 Å². The summed E-state index contributed by atoms with van der Waals surface area (Å²) >= 11 is 1.68. The minimum Gasteiger partial charge on any atom is -0.381 e. The van der Waals surface area contributed by atoms with Gasteiger partial charge < -0.3 is 9.47 Å². The van der Waals surface area contributed by atoms with E-state index in [1.807, 2.05) is 0 Å². The van der Waals surface area contributed by atoms with Gasteiger partial charge in [0, 0.05) is 30.9 Å². The van der Waals surface area contributed by atoms with Crippen molar-refractivity contribution in [1.29, 1.82) is 5.26 Å². The van der Waals surface area contributed by atoms with Crippen molar-refractivity contribution in [3.63, 3.8) is 0 Å². The van der Waals surface area contributed by atoms with Gasteiger partial charge in [-0.1, -0.05) is 0 Å². The normalized spacial score (nSPS) is 23.3. The monoisotopic (exact) mass is 264 g/mol. The molecule has 0 bridgehead atoms. The summed E-state index contributed by atoms with van der Waals surface area (Å²) in [7, 11) is 0. The maximum Gasteiger partial charge on any atom is 0.110 e. The Morgan fingerprint density at radius 3 is 2.78 bits per heavy atom. The summed E-state index contributed by atoms with van der Waals surface area (Å²) in [6, 6.07) is 2.37. The average molecular weight is 264 g/mol. The summed E-state index contributed by atoms with van der Waals surface area (Å²) in [5.74, 6) is 0.541. The number of thiazole rings is 1. The highest BCUT2D eigenvalue weighted by molar-refractivity contribution is 7.09. The Hall–Kier alpha value is -0.960. The topological polar surface area (TPSA) is 55.1 Å². The number of nitriles is 1. The molecule has 1 aromatic rings. The fourth-order valence-electron chi connectivity index (χ4n) is 2.43. The number of nitrogens with zero attached hydrogens (tertiary/aromatic N) is 2. The molecule has 5 heteroatoms. The largest absolute Gasteiger partial charge is 0.381 e. The first kappa shape index (κ1) is 12.1. The van der Waals surface area contributed by atoms with Crippen molar-refractivity contribution in [3.8, 4) is 6.07 Å². The summed E-state index contributed by atoms with van der Waals surface area (Å²) in [6.07, 6.45) is 2.86. The second-order valence-corrected chi connectivity index (χ2v) is 6.06. The maximum atomic E-state index is 9.18. The van der Waals surface area contributed by atoms with Gasteiger partial charge in [0.15, 0.2) is 0 Å². The predicted octanol–water partition coefficient (Wildman–Crippen LogP) is 2.12. The predicted molar refractivity (Wildman–Crippen MR) is 67.5 cm³/mol. The Balaban J connectivity index is 1.68. The van der Waals surface area contributed by atoms with Crippen molar-refractivity contribution in [2.24, 2.45) is 5.41 Å². The number of hydrogen-bond donors (Lipinski definition) is 0. The van der Waals surface area contributed by atoms with Gasteiger partial charge in [-0.05, 0) is 12.8 Å². The van der Waals surface area contributed by atoms with Crippen molar-refractivity contribution in [3.05, 3.63) is 16.1 Å². The van der Waals surface area contributed by atoms with Crippen LogP contribution in [-0.4, -0.2) is 31.4 Å². The van der Waals surface area contributed by atoms with Gasteiger partial charge in [0.05, 0.1) is 30.0 Å². The Kier molecular flexibility index (Phi) is 3.33. The summed E-state index contributed by atoms with van der Waals surface area (Å²) in [5.41, 5.74) is 0.872. The van der Waals surface area contributed by atoms with Crippen molar-refractivity contribution < 1.29 is 9.47 Å². The molecule has 0 radical (unpaired) electrons. The fraction of sp³-hybridized carbons (Fsp3) is 0.692. The van der Waals surface area contributed by atoms with Gasteiger partial charge in [-0.15, -0.1) is 11.3 Å². The van der Waals surface area contributed by atoms with Crippen LogP contribution in [0.2, 0.25) is 0 Å². The van der Waals surface area contributed by atoms with Gasteiger partial charge >= 0.3 is 0 Å². The van der Waals surface area contributed by atoms with Crippen LogP contribution in [-0.2, 0) is 15.9 Å². The summed E-state index contributed by atoms with van der Waals surface area (Å²) in [6.45, 7) is 2.78. The quantitative estimate of drug-likeness (QED) is 0.839. The van der Waals surface area contributed by atoms with Crippen LogP contribution in [0.1, 0.15) is 29.5 Å². The molecule has 1 aromatic heterocycles. The first-order valence-electron chi connectivity index (χ1n) is 6.32. The van der Waals surface area contributed by atoms with Crippen molar-refractivity contribution >= 4 is 11.3 Å². The SMILES string of the molecule is N#CC1(Cc2nc(C3CCOCC3)cs2)COC1. The molecule has 96 valence electrons. The van der Waals surface area contributed by atoms with E-state index < -0.39 is 0 Å². The molecule has 18 heavy (non-hydrogen) atoms. The molecule has 0 spiro atoms. The zero-order valence-electron chi connectivity index (χ0n) is 10.2. The highest BCUT2D eigenvalue weighted by Gasteiger charge is 2.40. The van der Waals surface area contributed by atoms with Crippen molar-refractivity contribution in [1.82, 2.24) is 4.98 Å². The third-order valence-corrected chi connectivity index (χ3v) is 4.56. The first-order valence-corrected chi connectivity index (χ1v) is 7.20. The van der Waals surface area contributed by atoms with Crippen LogP contribution < -0.4 is 0 Å². The van der Waals surface area contributed by atoms with E-state index in [-0.39, 0.29) is 5.41 Å². The van der Waals surface area contributed by atoms with Crippen molar-refractivity contribution in [2.45, 2.75) is 25.2 Å². The Morgan fingerprint density at radius 1 is 1.39 bits per heavy atom.